The summed E-state index contributed by atoms with van der Waals surface area (Å²) in [6, 6.07) is 10.1. The van der Waals surface area contributed by atoms with Crippen LogP contribution in [0.1, 0.15) is 5.69 Å². The Kier molecular flexibility index (Phi) is 4.34. The maximum absolute atomic E-state index is 5.46. The monoisotopic (exact) mass is 223 g/mol. The van der Waals surface area contributed by atoms with Crippen LogP contribution in [0, 0.1) is 0 Å². The first-order valence-corrected chi connectivity index (χ1v) is 4.69. The van der Waals surface area contributed by atoms with E-state index in [9.17, 15) is 0 Å². The highest BCUT2D eigenvalue weighted by atomic mass is 35.5. The summed E-state index contributed by atoms with van der Waals surface area (Å²) < 4.78 is 0. The van der Waals surface area contributed by atoms with Gasteiger partial charge in [0.15, 0.2) is 0 Å². The molecule has 0 aliphatic heterocycles. The smallest absolute Gasteiger partial charge is 0.137 e. The molecule has 80 valence electrons. The van der Waals surface area contributed by atoms with Crippen molar-refractivity contribution in [3.05, 3.63) is 42.2 Å². The van der Waals surface area contributed by atoms with Gasteiger partial charge in [0.05, 0.1) is 0 Å². The summed E-state index contributed by atoms with van der Waals surface area (Å²) in [4.78, 5) is 7.53. The molecule has 0 amide bonds. The zero-order valence-electron chi connectivity index (χ0n) is 8.31. The Morgan fingerprint density at radius 1 is 1.20 bits per heavy atom. The van der Waals surface area contributed by atoms with Crippen molar-refractivity contribution in [1.29, 1.82) is 0 Å². The van der Waals surface area contributed by atoms with Crippen molar-refractivity contribution >= 4 is 12.4 Å². The van der Waals surface area contributed by atoms with Crippen LogP contribution in [0.15, 0.2) is 36.5 Å². The molecule has 0 aliphatic carbocycles. The summed E-state index contributed by atoms with van der Waals surface area (Å²) in [5, 5.41) is 0. The first-order valence-electron chi connectivity index (χ1n) is 4.69. The van der Waals surface area contributed by atoms with Gasteiger partial charge in [-0.1, -0.05) is 30.3 Å². The standard InChI is InChI=1S/C11H13N3.ClH/c12-7-6-10-8-13-11(14-10)9-4-2-1-3-5-9;/h1-5,8H,6-7,12H2,(H,13,14);1H. The van der Waals surface area contributed by atoms with Crippen LogP contribution in [0.25, 0.3) is 11.4 Å². The number of H-pyrrole nitrogens is 1. The number of nitrogens with one attached hydrogen (secondary N) is 1. The molecule has 0 unspecified atom stereocenters. The number of imidazole rings is 1. The minimum Gasteiger partial charge on any atom is -0.342 e. The Bertz CT molecular complexity index is 397. The Morgan fingerprint density at radius 2 is 1.93 bits per heavy atom. The van der Waals surface area contributed by atoms with E-state index < -0.39 is 0 Å². The van der Waals surface area contributed by atoms with E-state index in [0.717, 1.165) is 23.5 Å². The minimum atomic E-state index is 0. The van der Waals surface area contributed by atoms with Gasteiger partial charge in [0.1, 0.15) is 5.82 Å². The van der Waals surface area contributed by atoms with Crippen LogP contribution < -0.4 is 5.73 Å². The van der Waals surface area contributed by atoms with E-state index in [1.54, 1.807) is 0 Å². The van der Waals surface area contributed by atoms with E-state index in [-0.39, 0.29) is 12.4 Å². The van der Waals surface area contributed by atoms with Crippen LogP contribution in [0.5, 0.6) is 0 Å². The maximum Gasteiger partial charge on any atom is 0.137 e. The van der Waals surface area contributed by atoms with Crippen molar-refractivity contribution in [1.82, 2.24) is 9.97 Å². The normalized spacial score (nSPS) is 9.67. The third kappa shape index (κ3) is 2.81. The van der Waals surface area contributed by atoms with Crippen LogP contribution >= 0.6 is 12.4 Å². The molecule has 4 heteroatoms. The van der Waals surface area contributed by atoms with Crippen molar-refractivity contribution in [2.45, 2.75) is 6.42 Å². The molecule has 2 rings (SSSR count). The highest BCUT2D eigenvalue weighted by molar-refractivity contribution is 5.85. The fourth-order valence-electron chi connectivity index (χ4n) is 1.38. The Labute approximate surface area is 95.1 Å². The molecule has 3 nitrogen and oxygen atoms in total. The number of aromatic amines is 1. The number of benzene rings is 1. The largest absolute Gasteiger partial charge is 0.342 e. The van der Waals surface area contributed by atoms with Crippen LogP contribution in [0.4, 0.5) is 0 Å². The summed E-state index contributed by atoms with van der Waals surface area (Å²) in [6.45, 7) is 0.649. The molecule has 0 saturated carbocycles. The second-order valence-corrected chi connectivity index (χ2v) is 3.16. The van der Waals surface area contributed by atoms with Crippen molar-refractivity contribution < 1.29 is 0 Å². The fourth-order valence-corrected chi connectivity index (χ4v) is 1.38. The van der Waals surface area contributed by atoms with E-state index in [4.69, 9.17) is 5.73 Å². The van der Waals surface area contributed by atoms with Gasteiger partial charge in [0.25, 0.3) is 0 Å². The lowest BCUT2D eigenvalue weighted by Crippen LogP contribution is -2.02. The minimum absolute atomic E-state index is 0. The first-order chi connectivity index (χ1) is 6.90. The van der Waals surface area contributed by atoms with Gasteiger partial charge in [-0.15, -0.1) is 12.4 Å². The SMILES string of the molecule is Cl.NCCc1cnc(-c2ccccc2)[nH]1. The molecule has 1 heterocycles. The van der Waals surface area contributed by atoms with Gasteiger partial charge < -0.3 is 10.7 Å². The third-order valence-corrected chi connectivity index (χ3v) is 2.09. The topological polar surface area (TPSA) is 54.7 Å². The molecular formula is C11H14ClN3. The average Bonchev–Trinajstić information content (AvgIpc) is 2.68. The van der Waals surface area contributed by atoms with Crippen LogP contribution in [-0.2, 0) is 6.42 Å². The summed E-state index contributed by atoms with van der Waals surface area (Å²) >= 11 is 0. The first kappa shape index (κ1) is 11.8. The van der Waals surface area contributed by atoms with E-state index in [0.29, 0.717) is 6.54 Å². The second kappa shape index (κ2) is 5.53. The Morgan fingerprint density at radius 3 is 2.60 bits per heavy atom. The summed E-state index contributed by atoms with van der Waals surface area (Å²) in [7, 11) is 0. The molecule has 0 saturated heterocycles. The molecule has 1 aromatic carbocycles. The van der Waals surface area contributed by atoms with Crippen LogP contribution in [-0.4, -0.2) is 16.5 Å². The fraction of sp³-hybridized carbons (Fsp3) is 0.182. The van der Waals surface area contributed by atoms with Gasteiger partial charge >= 0.3 is 0 Å². The number of nitrogens with zero attached hydrogens (tertiary/aromatic N) is 1. The number of rotatable bonds is 3. The average molecular weight is 224 g/mol. The number of aromatic nitrogens is 2. The lowest BCUT2D eigenvalue weighted by atomic mass is 10.2. The molecular weight excluding hydrogens is 210 g/mol. The highest BCUT2D eigenvalue weighted by Crippen LogP contribution is 2.14. The predicted octanol–water partition coefficient (Wildman–Crippen LogP) is 2.00. The summed E-state index contributed by atoms with van der Waals surface area (Å²) in [6.07, 6.45) is 2.69. The van der Waals surface area contributed by atoms with Gasteiger partial charge in [-0.05, 0) is 6.54 Å². The Hall–Kier alpha value is -1.32. The van der Waals surface area contributed by atoms with Crippen LogP contribution in [0.2, 0.25) is 0 Å². The van der Waals surface area contributed by atoms with Gasteiger partial charge in [-0.25, -0.2) is 4.98 Å². The number of halogens is 1. The molecule has 0 spiro atoms. The van der Waals surface area contributed by atoms with Crippen molar-refractivity contribution in [2.24, 2.45) is 5.73 Å². The summed E-state index contributed by atoms with van der Waals surface area (Å²) in [5.41, 5.74) is 7.66. The van der Waals surface area contributed by atoms with Gasteiger partial charge in [0.2, 0.25) is 0 Å². The van der Waals surface area contributed by atoms with E-state index in [2.05, 4.69) is 9.97 Å². The molecule has 0 radical (unpaired) electrons. The van der Waals surface area contributed by atoms with Gasteiger partial charge in [0, 0.05) is 23.9 Å². The van der Waals surface area contributed by atoms with E-state index in [1.165, 1.54) is 0 Å². The van der Waals surface area contributed by atoms with Crippen LogP contribution in [0.3, 0.4) is 0 Å². The second-order valence-electron chi connectivity index (χ2n) is 3.16. The molecule has 2 aromatic rings. The molecule has 0 fully saturated rings. The lowest BCUT2D eigenvalue weighted by molar-refractivity contribution is 0.936. The quantitative estimate of drug-likeness (QED) is 0.836. The Balaban J connectivity index is 0.00000112. The predicted molar refractivity (Wildman–Crippen MR) is 64.0 cm³/mol. The molecule has 0 aliphatic rings. The summed E-state index contributed by atoms with van der Waals surface area (Å²) in [5.74, 6) is 0.911. The highest BCUT2D eigenvalue weighted by Gasteiger charge is 2.01. The zero-order chi connectivity index (χ0) is 9.80. The van der Waals surface area contributed by atoms with Crippen molar-refractivity contribution in [3.63, 3.8) is 0 Å². The molecule has 3 N–H and O–H groups in total. The third-order valence-electron chi connectivity index (χ3n) is 2.09. The molecule has 0 atom stereocenters. The maximum atomic E-state index is 5.46. The number of hydrogen-bond acceptors (Lipinski definition) is 2. The number of nitrogens with two attached hydrogens (primary N) is 1. The van der Waals surface area contributed by atoms with Gasteiger partial charge in [-0.2, -0.15) is 0 Å². The van der Waals surface area contributed by atoms with E-state index >= 15 is 0 Å². The van der Waals surface area contributed by atoms with Crippen molar-refractivity contribution in [3.8, 4) is 11.4 Å². The zero-order valence-corrected chi connectivity index (χ0v) is 9.13. The number of hydrogen-bond donors (Lipinski definition) is 2. The molecule has 0 bridgehead atoms. The molecule has 1 aromatic heterocycles. The molecule has 15 heavy (non-hydrogen) atoms. The lowest BCUT2D eigenvalue weighted by Gasteiger charge is -1.95. The van der Waals surface area contributed by atoms with Gasteiger partial charge in [-0.3, -0.25) is 0 Å². The van der Waals surface area contributed by atoms with Crippen molar-refractivity contribution in [2.75, 3.05) is 6.54 Å². The van der Waals surface area contributed by atoms with E-state index in [1.807, 2.05) is 36.5 Å².